The van der Waals surface area contributed by atoms with Gasteiger partial charge in [0.1, 0.15) is 12.2 Å². The number of carbonyl (C=O) groups excluding carboxylic acids is 2. The average Bonchev–Trinajstić information content (AvgIpc) is 2.85. The summed E-state index contributed by atoms with van der Waals surface area (Å²) in [5.41, 5.74) is 0.338. The van der Waals surface area contributed by atoms with Crippen molar-refractivity contribution in [3.8, 4) is 0 Å². The first kappa shape index (κ1) is 18.3. The van der Waals surface area contributed by atoms with Crippen LogP contribution in [0.5, 0.6) is 0 Å². The molecule has 0 aliphatic carbocycles. The van der Waals surface area contributed by atoms with Crippen molar-refractivity contribution in [3.63, 3.8) is 0 Å². The van der Waals surface area contributed by atoms with Gasteiger partial charge in [-0.3, -0.25) is 4.79 Å². The Bertz CT molecular complexity index is 567. The van der Waals surface area contributed by atoms with Crippen molar-refractivity contribution in [2.75, 3.05) is 13.1 Å². The summed E-state index contributed by atoms with van der Waals surface area (Å²) in [7, 11) is 0. The Morgan fingerprint density at radius 1 is 1.21 bits per heavy atom. The molecule has 1 amide bonds. The van der Waals surface area contributed by atoms with Crippen LogP contribution in [0.25, 0.3) is 0 Å². The third-order valence-electron chi connectivity index (χ3n) is 3.72. The molecule has 0 aromatic heterocycles. The fraction of sp³-hybridized carbons (Fsp3) is 0.556. The summed E-state index contributed by atoms with van der Waals surface area (Å²) in [4.78, 5) is 25.4. The summed E-state index contributed by atoms with van der Waals surface area (Å²) in [5.74, 6) is -0.699. The number of ether oxygens (including phenoxy) is 2. The van der Waals surface area contributed by atoms with Crippen molar-refractivity contribution in [2.24, 2.45) is 5.92 Å². The van der Waals surface area contributed by atoms with Gasteiger partial charge in [0, 0.05) is 12.5 Å². The van der Waals surface area contributed by atoms with Crippen molar-refractivity contribution in [3.05, 3.63) is 35.9 Å². The van der Waals surface area contributed by atoms with Crippen molar-refractivity contribution >= 4 is 12.1 Å². The average molecular weight is 335 g/mol. The second-order valence-corrected chi connectivity index (χ2v) is 7.06. The summed E-state index contributed by atoms with van der Waals surface area (Å²) in [5, 5.41) is 10.1. The van der Waals surface area contributed by atoms with Crippen molar-refractivity contribution in [1.82, 2.24) is 4.90 Å². The Kier molecular flexibility index (Phi) is 5.83. The molecule has 1 aliphatic rings. The van der Waals surface area contributed by atoms with E-state index in [9.17, 15) is 14.7 Å². The molecule has 1 heterocycles. The summed E-state index contributed by atoms with van der Waals surface area (Å²) in [6, 6.07) is 9.39. The monoisotopic (exact) mass is 335 g/mol. The lowest BCUT2D eigenvalue weighted by Gasteiger charge is -2.21. The van der Waals surface area contributed by atoms with E-state index in [2.05, 4.69) is 0 Å². The van der Waals surface area contributed by atoms with Crippen LogP contribution in [-0.4, -0.2) is 46.9 Å². The van der Waals surface area contributed by atoms with E-state index in [1.165, 1.54) is 4.90 Å². The third kappa shape index (κ3) is 5.53. The van der Waals surface area contributed by atoms with Crippen LogP contribution in [0.1, 0.15) is 32.8 Å². The van der Waals surface area contributed by atoms with E-state index < -0.39 is 17.8 Å². The number of hydrogen-bond donors (Lipinski definition) is 1. The van der Waals surface area contributed by atoms with Gasteiger partial charge in [0.25, 0.3) is 0 Å². The van der Waals surface area contributed by atoms with Crippen LogP contribution in [0.3, 0.4) is 0 Å². The quantitative estimate of drug-likeness (QED) is 0.855. The van der Waals surface area contributed by atoms with Crippen LogP contribution in [0.15, 0.2) is 30.3 Å². The number of benzene rings is 1. The van der Waals surface area contributed by atoms with E-state index >= 15 is 0 Å². The molecule has 1 fully saturated rings. The largest absolute Gasteiger partial charge is 0.460 e. The van der Waals surface area contributed by atoms with Gasteiger partial charge in [0.05, 0.1) is 19.1 Å². The third-order valence-corrected chi connectivity index (χ3v) is 3.72. The first-order valence-corrected chi connectivity index (χ1v) is 8.10. The number of aliphatic hydroxyl groups is 1. The zero-order chi connectivity index (χ0) is 17.7. The van der Waals surface area contributed by atoms with Crippen molar-refractivity contribution < 1.29 is 24.2 Å². The molecule has 2 atom stereocenters. The minimum Gasteiger partial charge on any atom is -0.460 e. The van der Waals surface area contributed by atoms with Gasteiger partial charge < -0.3 is 19.5 Å². The lowest BCUT2D eigenvalue weighted by Crippen LogP contribution is -2.30. The number of esters is 1. The Labute approximate surface area is 142 Å². The van der Waals surface area contributed by atoms with Gasteiger partial charge in [-0.05, 0) is 26.3 Å². The number of hydrogen-bond acceptors (Lipinski definition) is 5. The zero-order valence-corrected chi connectivity index (χ0v) is 14.4. The molecule has 132 valence electrons. The zero-order valence-electron chi connectivity index (χ0n) is 14.4. The van der Waals surface area contributed by atoms with Crippen molar-refractivity contribution in [1.29, 1.82) is 0 Å². The van der Waals surface area contributed by atoms with Gasteiger partial charge in [0.2, 0.25) is 0 Å². The van der Waals surface area contributed by atoms with Crippen LogP contribution >= 0.6 is 0 Å². The molecule has 6 nitrogen and oxygen atoms in total. The minimum absolute atomic E-state index is 0.0842. The number of amides is 1. The van der Waals surface area contributed by atoms with Crippen LogP contribution in [0.4, 0.5) is 4.79 Å². The number of aliphatic hydroxyl groups excluding tert-OH is 1. The first-order chi connectivity index (χ1) is 11.2. The molecule has 0 unspecified atom stereocenters. The molecule has 0 bridgehead atoms. The Balaban J connectivity index is 1.81. The van der Waals surface area contributed by atoms with E-state index in [-0.39, 0.29) is 38.0 Å². The second-order valence-electron chi connectivity index (χ2n) is 7.06. The highest BCUT2D eigenvalue weighted by Gasteiger charge is 2.36. The fourth-order valence-corrected chi connectivity index (χ4v) is 2.61. The number of likely N-dealkylation sites (tertiary alicyclic amines) is 1. The minimum atomic E-state index is -0.748. The second kappa shape index (κ2) is 7.66. The SMILES string of the molecule is CC(C)(C)OC(=O)C[C@@H]1CN(C(=O)OCc2ccccc2)C[C@@H]1O. The molecular formula is C18H25NO5. The molecular weight excluding hydrogens is 310 g/mol. The molecule has 1 aromatic carbocycles. The van der Waals surface area contributed by atoms with Gasteiger partial charge in [0.15, 0.2) is 0 Å². The lowest BCUT2D eigenvalue weighted by molar-refractivity contribution is -0.156. The van der Waals surface area contributed by atoms with E-state index in [1.54, 1.807) is 20.8 Å². The summed E-state index contributed by atoms with van der Waals surface area (Å²) < 4.78 is 10.5. The van der Waals surface area contributed by atoms with Crippen LogP contribution in [0, 0.1) is 5.92 Å². The maximum absolute atomic E-state index is 12.1. The Hall–Kier alpha value is -2.08. The Morgan fingerprint density at radius 3 is 2.50 bits per heavy atom. The molecule has 24 heavy (non-hydrogen) atoms. The predicted molar refractivity (Wildman–Crippen MR) is 88.2 cm³/mol. The number of carbonyl (C=O) groups is 2. The summed E-state index contributed by atoms with van der Waals surface area (Å²) in [6.07, 6.45) is -1.15. The van der Waals surface area contributed by atoms with Gasteiger partial charge in [-0.1, -0.05) is 30.3 Å². The van der Waals surface area contributed by atoms with Gasteiger partial charge >= 0.3 is 12.1 Å². The van der Waals surface area contributed by atoms with E-state index in [0.717, 1.165) is 5.56 Å². The van der Waals surface area contributed by atoms with E-state index in [1.807, 2.05) is 30.3 Å². The molecule has 0 radical (unpaired) electrons. The highest BCUT2D eigenvalue weighted by molar-refractivity contribution is 5.71. The number of nitrogens with zero attached hydrogens (tertiary/aromatic N) is 1. The molecule has 1 saturated heterocycles. The fourth-order valence-electron chi connectivity index (χ4n) is 2.61. The van der Waals surface area contributed by atoms with Gasteiger partial charge in [-0.2, -0.15) is 0 Å². The molecule has 6 heteroatoms. The first-order valence-electron chi connectivity index (χ1n) is 8.10. The smallest absolute Gasteiger partial charge is 0.410 e. The molecule has 0 saturated carbocycles. The predicted octanol–water partition coefficient (Wildman–Crippen LogP) is 2.35. The number of β-amino-alcohol motifs (C(OH)–C–C–N with tert-alkyl or cyclic N) is 1. The normalized spacial score (nSPS) is 20.8. The molecule has 0 spiro atoms. The highest BCUT2D eigenvalue weighted by atomic mass is 16.6. The van der Waals surface area contributed by atoms with Crippen LogP contribution in [0.2, 0.25) is 0 Å². The van der Waals surface area contributed by atoms with Gasteiger partial charge in [-0.25, -0.2) is 4.79 Å². The number of rotatable bonds is 4. The molecule has 1 aliphatic heterocycles. The summed E-state index contributed by atoms with van der Waals surface area (Å²) >= 11 is 0. The van der Waals surface area contributed by atoms with E-state index in [4.69, 9.17) is 9.47 Å². The lowest BCUT2D eigenvalue weighted by atomic mass is 10.0. The maximum atomic E-state index is 12.1. The van der Waals surface area contributed by atoms with Crippen LogP contribution < -0.4 is 0 Å². The molecule has 1 N–H and O–H groups in total. The maximum Gasteiger partial charge on any atom is 0.410 e. The Morgan fingerprint density at radius 2 is 1.88 bits per heavy atom. The highest BCUT2D eigenvalue weighted by Crippen LogP contribution is 2.23. The topological polar surface area (TPSA) is 76.1 Å². The standard InChI is InChI=1S/C18H25NO5/c1-18(2,3)24-16(21)9-14-10-19(11-15(14)20)17(22)23-12-13-7-5-4-6-8-13/h4-8,14-15,20H,9-12H2,1-3H3/t14-,15+/m1/s1. The van der Waals surface area contributed by atoms with Gasteiger partial charge in [-0.15, -0.1) is 0 Å². The van der Waals surface area contributed by atoms with Crippen molar-refractivity contribution in [2.45, 2.75) is 45.5 Å². The molecule has 2 rings (SSSR count). The molecule has 1 aromatic rings. The summed E-state index contributed by atoms with van der Waals surface area (Å²) in [6.45, 7) is 6.02. The van der Waals surface area contributed by atoms with E-state index in [0.29, 0.717) is 0 Å². The van der Waals surface area contributed by atoms with Crippen LogP contribution in [-0.2, 0) is 20.9 Å².